The fourth-order valence-corrected chi connectivity index (χ4v) is 11.8. The number of carboxylic acids is 1. The van der Waals surface area contributed by atoms with Crippen LogP contribution in [0.5, 0.6) is 23.1 Å². The van der Waals surface area contributed by atoms with Crippen LogP contribution < -0.4 is 18.9 Å². The molecule has 1 N–H and O–H groups in total. The number of benzene rings is 3. The summed E-state index contributed by atoms with van der Waals surface area (Å²) in [5.74, 6) is 0.0324. The third-order valence-electron chi connectivity index (χ3n) is 14.3. The molecule has 2 saturated heterocycles. The summed E-state index contributed by atoms with van der Waals surface area (Å²) >= 11 is 16.0. The molecule has 0 spiro atoms. The van der Waals surface area contributed by atoms with Crippen molar-refractivity contribution in [2.45, 2.75) is 82.5 Å². The molecule has 6 aromatic rings. The van der Waals surface area contributed by atoms with Crippen LogP contribution in [0, 0.1) is 19.7 Å². The third-order valence-corrected chi connectivity index (χ3v) is 16.3. The Kier molecular flexibility index (Phi) is 16.1. The minimum atomic E-state index is -1.49. The Morgan fingerprint density at radius 2 is 1.70 bits per heavy atom. The molecule has 11 rings (SSSR count). The lowest BCUT2D eigenvalue weighted by Crippen LogP contribution is -2.49. The molecule has 5 aliphatic rings. The number of hydrogen-bond acceptors (Lipinski definition) is 15. The lowest BCUT2D eigenvalue weighted by atomic mass is 9.80. The molecule has 3 aromatic heterocycles. The zero-order valence-electron chi connectivity index (χ0n) is 41.4. The van der Waals surface area contributed by atoms with Crippen LogP contribution in [0.15, 0.2) is 61.1 Å². The first-order valence-corrected chi connectivity index (χ1v) is 26.5. The Morgan fingerprint density at radius 1 is 0.932 bits per heavy atom. The minimum Gasteiger partial charge on any atom is -0.490 e. The first-order valence-electron chi connectivity index (χ1n) is 24.9. The second-order valence-electron chi connectivity index (χ2n) is 19.5. The van der Waals surface area contributed by atoms with E-state index in [1.165, 1.54) is 29.8 Å². The molecule has 3 fully saturated rings. The van der Waals surface area contributed by atoms with Gasteiger partial charge in [-0.15, -0.1) is 11.3 Å². The molecule has 3 aromatic carbocycles. The van der Waals surface area contributed by atoms with Crippen LogP contribution in [0.2, 0.25) is 10.0 Å². The largest absolute Gasteiger partial charge is 0.490 e. The van der Waals surface area contributed by atoms with Gasteiger partial charge in [0.1, 0.15) is 65.4 Å². The van der Waals surface area contributed by atoms with Gasteiger partial charge in [0.15, 0.2) is 5.75 Å². The molecular formula is C54H58Cl2F2N6O9S. The normalized spacial score (nSPS) is 22.9. The Labute approximate surface area is 442 Å². The Bertz CT molecular complexity index is 2940. The van der Waals surface area contributed by atoms with Gasteiger partial charge in [-0.05, 0) is 105 Å². The quantitative estimate of drug-likeness (QED) is 0.123. The molecule has 1 aliphatic carbocycles. The van der Waals surface area contributed by atoms with Crippen molar-refractivity contribution in [3.63, 3.8) is 0 Å². The van der Waals surface area contributed by atoms with Crippen LogP contribution in [0.25, 0.3) is 31.8 Å². The molecule has 15 nitrogen and oxygen atoms in total. The second-order valence-corrected chi connectivity index (χ2v) is 21.3. The number of nitrogens with zero attached hydrogens (tertiary/aromatic N) is 6. The van der Waals surface area contributed by atoms with Gasteiger partial charge in [0.2, 0.25) is 12.0 Å². The lowest BCUT2D eigenvalue weighted by molar-refractivity contribution is -0.145. The van der Waals surface area contributed by atoms with Gasteiger partial charge in [0.05, 0.1) is 54.2 Å². The molecule has 20 heteroatoms. The lowest BCUT2D eigenvalue weighted by Gasteiger charge is -2.35. The van der Waals surface area contributed by atoms with Crippen molar-refractivity contribution in [1.29, 1.82) is 0 Å². The van der Waals surface area contributed by atoms with Crippen molar-refractivity contribution >= 4 is 50.7 Å². The zero-order chi connectivity index (χ0) is 51.5. The molecular weight excluding hydrogens is 1020 g/mol. The predicted octanol–water partition coefficient (Wildman–Crippen LogP) is 9.72. The van der Waals surface area contributed by atoms with Crippen molar-refractivity contribution in [3.8, 4) is 44.7 Å². The summed E-state index contributed by atoms with van der Waals surface area (Å²) in [5.41, 5.74) is 2.84. The van der Waals surface area contributed by atoms with Crippen molar-refractivity contribution in [1.82, 2.24) is 29.7 Å². The van der Waals surface area contributed by atoms with Crippen LogP contribution in [0.3, 0.4) is 0 Å². The first kappa shape index (κ1) is 52.1. The summed E-state index contributed by atoms with van der Waals surface area (Å²) in [4.78, 5) is 37.8. The van der Waals surface area contributed by atoms with Gasteiger partial charge < -0.3 is 43.2 Å². The minimum absolute atomic E-state index is 0.00668. The maximum atomic E-state index is 15.9. The third kappa shape index (κ3) is 11.7. The highest BCUT2D eigenvalue weighted by Gasteiger charge is 2.38. The SMILES string of the molecule is Cc1c(Cl)c2c(Cl)c(C)c1-c1c(-c3ccc(F)cc3)sc3ncnc(c13)O[C@@H](C(=O)O)Cc1cc(ccc1OCc1ccnc([C@H]3CC[C@@](F)(COC[C@H]4COCCO4)CC3)n1)OC[C@@H](CN1CCN(C)CC1)O2. The Hall–Kier alpha value is -5.31. The molecule has 3 atom stereocenters. The van der Waals surface area contributed by atoms with Gasteiger partial charge >= 0.3 is 5.97 Å². The van der Waals surface area contributed by atoms with Crippen LogP contribution >= 0.6 is 34.5 Å². The number of thiophene rings is 1. The summed E-state index contributed by atoms with van der Waals surface area (Å²) in [7, 11) is 2.10. The topological polar surface area (TPSA) is 160 Å². The number of halogens is 4. The van der Waals surface area contributed by atoms with E-state index < -0.39 is 29.7 Å². The molecule has 0 radical (unpaired) electrons. The maximum Gasteiger partial charge on any atom is 0.345 e. The monoisotopic (exact) mass is 1070 g/mol. The number of alkyl halides is 1. The molecule has 392 valence electrons. The number of aliphatic carboxylic acids is 1. The molecule has 4 aliphatic heterocycles. The van der Waals surface area contributed by atoms with Crippen molar-refractivity contribution < 1.29 is 51.8 Å². The number of rotatable bonds is 12. The Morgan fingerprint density at radius 3 is 2.43 bits per heavy atom. The standard InChI is InChI=1S/C54H58Cl2F2N6O9S/c1-31-43-32(2)47(56)48(46(31)55)72-39(24-64-18-16-63(3)17-19-64)28-70-38-8-9-41(71-25-37-12-15-59-50(62-37)34-10-13-54(58,14-11-34)29-68-27-40-26-67-20-21-69-40)35(22-38)23-42(53(65)66)73-51-45-44(43)49(74-52(45)61-30-60-51)33-4-6-36(57)7-5-33/h4-9,12,15,22,30,34,39-40,42H,10-11,13-14,16-21,23-29H2,1-3H3,(H,65,66)/t34-,39-,40-,42-,54-/m1/s1. The van der Waals surface area contributed by atoms with E-state index in [1.54, 1.807) is 42.6 Å². The van der Waals surface area contributed by atoms with Crippen LogP contribution in [-0.2, 0) is 32.0 Å². The van der Waals surface area contributed by atoms with Crippen molar-refractivity contribution in [3.05, 3.63) is 105 Å². The van der Waals surface area contributed by atoms with Crippen LogP contribution in [-0.4, -0.2) is 144 Å². The fraction of sp³-hybridized carbons (Fsp3) is 0.463. The van der Waals surface area contributed by atoms with E-state index in [1.807, 2.05) is 13.8 Å². The molecule has 7 heterocycles. The average molecular weight is 1080 g/mol. The Balaban J connectivity index is 0.969. The zero-order valence-corrected chi connectivity index (χ0v) is 43.7. The van der Waals surface area contributed by atoms with Gasteiger partial charge in [-0.1, -0.05) is 35.3 Å². The number of carbonyl (C=O) groups is 1. The van der Waals surface area contributed by atoms with Crippen LogP contribution in [0.1, 0.15) is 59.8 Å². The van der Waals surface area contributed by atoms with Crippen molar-refractivity contribution in [2.75, 3.05) is 79.4 Å². The molecule has 74 heavy (non-hydrogen) atoms. The van der Waals surface area contributed by atoms with E-state index in [-0.39, 0.29) is 60.8 Å². The van der Waals surface area contributed by atoms with E-state index >= 15 is 4.39 Å². The van der Waals surface area contributed by atoms with E-state index in [4.69, 9.17) is 61.3 Å². The smallest absolute Gasteiger partial charge is 0.345 e. The van der Waals surface area contributed by atoms with E-state index in [0.29, 0.717) is 129 Å². The van der Waals surface area contributed by atoms with E-state index in [0.717, 1.165) is 26.2 Å². The second kappa shape index (κ2) is 22.9. The number of carboxylic acid groups (broad SMARTS) is 1. The van der Waals surface area contributed by atoms with Crippen molar-refractivity contribution in [2.24, 2.45) is 0 Å². The molecule has 0 unspecified atom stereocenters. The highest BCUT2D eigenvalue weighted by atomic mass is 35.5. The number of fused-ring (bicyclic) bond motifs is 7. The number of likely N-dealkylation sites (N-methyl/N-ethyl adjacent to an activating group) is 1. The maximum absolute atomic E-state index is 15.9. The van der Waals surface area contributed by atoms with Gasteiger partial charge in [0, 0.05) is 67.3 Å². The molecule has 0 amide bonds. The first-order chi connectivity index (χ1) is 35.8. The van der Waals surface area contributed by atoms with E-state index in [9.17, 15) is 14.3 Å². The highest BCUT2D eigenvalue weighted by molar-refractivity contribution is 7.22. The number of ether oxygens (including phenoxy) is 7. The van der Waals surface area contributed by atoms with Gasteiger partial charge in [-0.2, -0.15) is 0 Å². The summed E-state index contributed by atoms with van der Waals surface area (Å²) in [5, 5.41) is 11.9. The van der Waals surface area contributed by atoms with Gasteiger partial charge in [-0.25, -0.2) is 33.5 Å². The fourth-order valence-electron chi connectivity index (χ4n) is 10.1. The molecule has 1 saturated carbocycles. The molecule has 4 bridgehead atoms. The van der Waals surface area contributed by atoms with Crippen LogP contribution in [0.4, 0.5) is 8.78 Å². The average Bonchev–Trinajstić information content (AvgIpc) is 3.79. The summed E-state index contributed by atoms with van der Waals surface area (Å²) in [6, 6.07) is 13.1. The highest BCUT2D eigenvalue weighted by Crippen LogP contribution is 2.53. The van der Waals surface area contributed by atoms with Gasteiger partial charge in [-0.3, -0.25) is 4.90 Å². The van der Waals surface area contributed by atoms with E-state index in [2.05, 4.69) is 31.8 Å². The summed E-state index contributed by atoms with van der Waals surface area (Å²) in [6.45, 7) is 9.57. The summed E-state index contributed by atoms with van der Waals surface area (Å²) in [6.07, 6.45) is 2.34. The number of piperazine rings is 1. The number of aromatic nitrogens is 4. The summed E-state index contributed by atoms with van der Waals surface area (Å²) < 4.78 is 73.5. The van der Waals surface area contributed by atoms with Gasteiger partial charge in [0.25, 0.3) is 0 Å². The number of hydrogen-bond donors (Lipinski definition) is 1. The predicted molar refractivity (Wildman–Crippen MR) is 277 cm³/mol.